The summed E-state index contributed by atoms with van der Waals surface area (Å²) in [5.41, 5.74) is 4.58. The molecule has 1 aromatic heterocycles. The highest BCUT2D eigenvalue weighted by molar-refractivity contribution is 7.13. The molecule has 1 aliphatic rings. The molecular formula is C18H13FN2OS. The van der Waals surface area contributed by atoms with Gasteiger partial charge in [0.15, 0.2) is 0 Å². The van der Waals surface area contributed by atoms with Crippen LogP contribution in [-0.2, 0) is 11.2 Å². The van der Waals surface area contributed by atoms with Crippen LogP contribution in [0.15, 0.2) is 47.8 Å². The number of rotatable bonds is 2. The molecule has 5 heteroatoms. The van der Waals surface area contributed by atoms with E-state index in [2.05, 4.69) is 4.98 Å². The maximum absolute atomic E-state index is 13.3. The van der Waals surface area contributed by atoms with E-state index in [-0.39, 0.29) is 11.7 Å². The summed E-state index contributed by atoms with van der Waals surface area (Å²) < 4.78 is 13.3. The minimum absolute atomic E-state index is 0.107. The SMILES string of the molecule is CN1C(=O)Cc2cc(-c3csc(-c4cccc(F)c4)n3)ccc21. The third-order valence-electron chi connectivity index (χ3n) is 4.03. The number of likely N-dealkylation sites (N-methyl/N-ethyl adjacent to an activating group) is 1. The molecule has 0 spiro atoms. The van der Waals surface area contributed by atoms with Gasteiger partial charge in [0.1, 0.15) is 10.8 Å². The fourth-order valence-electron chi connectivity index (χ4n) is 2.79. The van der Waals surface area contributed by atoms with E-state index >= 15 is 0 Å². The summed E-state index contributed by atoms with van der Waals surface area (Å²) in [4.78, 5) is 18.1. The molecule has 23 heavy (non-hydrogen) atoms. The molecule has 0 N–H and O–H groups in total. The average molecular weight is 324 g/mol. The molecule has 1 amide bonds. The molecule has 0 saturated carbocycles. The Labute approximate surface area is 137 Å². The summed E-state index contributed by atoms with van der Waals surface area (Å²) in [6.07, 6.45) is 0.431. The van der Waals surface area contributed by atoms with Gasteiger partial charge in [-0.15, -0.1) is 11.3 Å². The van der Waals surface area contributed by atoms with Crippen molar-refractivity contribution < 1.29 is 9.18 Å². The average Bonchev–Trinajstić information content (AvgIpc) is 3.13. The highest BCUT2D eigenvalue weighted by Gasteiger charge is 2.24. The molecule has 0 aliphatic carbocycles. The fraction of sp³-hybridized carbons (Fsp3) is 0.111. The fourth-order valence-corrected chi connectivity index (χ4v) is 3.62. The Kier molecular flexibility index (Phi) is 3.23. The quantitative estimate of drug-likeness (QED) is 0.710. The number of hydrogen-bond donors (Lipinski definition) is 0. The highest BCUT2D eigenvalue weighted by atomic mass is 32.1. The van der Waals surface area contributed by atoms with Crippen molar-refractivity contribution in [2.45, 2.75) is 6.42 Å². The molecule has 3 aromatic rings. The normalized spacial score (nSPS) is 13.5. The summed E-state index contributed by atoms with van der Waals surface area (Å²) in [6.45, 7) is 0. The van der Waals surface area contributed by atoms with Crippen LogP contribution in [-0.4, -0.2) is 17.9 Å². The molecule has 3 nitrogen and oxygen atoms in total. The molecule has 114 valence electrons. The van der Waals surface area contributed by atoms with Crippen LogP contribution in [0.1, 0.15) is 5.56 Å². The molecule has 2 heterocycles. The zero-order valence-corrected chi connectivity index (χ0v) is 13.2. The number of nitrogens with zero attached hydrogens (tertiary/aromatic N) is 2. The van der Waals surface area contributed by atoms with E-state index in [0.29, 0.717) is 6.42 Å². The van der Waals surface area contributed by atoms with Crippen LogP contribution < -0.4 is 4.90 Å². The Morgan fingerprint density at radius 2 is 2.04 bits per heavy atom. The predicted octanol–water partition coefficient (Wildman–Crippen LogP) is 4.14. The van der Waals surface area contributed by atoms with Crippen molar-refractivity contribution in [3.05, 3.63) is 59.2 Å². The number of fused-ring (bicyclic) bond motifs is 1. The summed E-state index contributed by atoms with van der Waals surface area (Å²) in [6, 6.07) is 12.4. The smallest absolute Gasteiger partial charge is 0.231 e. The lowest BCUT2D eigenvalue weighted by Crippen LogP contribution is -2.20. The second-order valence-electron chi connectivity index (χ2n) is 5.52. The van der Waals surface area contributed by atoms with Crippen molar-refractivity contribution in [3.8, 4) is 21.8 Å². The van der Waals surface area contributed by atoms with Crippen LogP contribution in [0.3, 0.4) is 0 Å². The third-order valence-corrected chi connectivity index (χ3v) is 4.92. The Morgan fingerprint density at radius 1 is 1.17 bits per heavy atom. The van der Waals surface area contributed by atoms with E-state index in [0.717, 1.165) is 33.1 Å². The largest absolute Gasteiger partial charge is 0.315 e. The molecule has 1 aliphatic heterocycles. The third kappa shape index (κ3) is 2.43. The zero-order chi connectivity index (χ0) is 16.0. The predicted molar refractivity (Wildman–Crippen MR) is 90.1 cm³/mol. The van der Waals surface area contributed by atoms with Gasteiger partial charge in [-0.3, -0.25) is 4.79 Å². The van der Waals surface area contributed by atoms with Crippen LogP contribution in [0.4, 0.5) is 10.1 Å². The standard InChI is InChI=1S/C18H13FN2OS/c1-21-16-6-5-11(7-13(16)9-17(21)22)15-10-23-18(20-15)12-3-2-4-14(19)8-12/h2-8,10H,9H2,1H3. The zero-order valence-electron chi connectivity index (χ0n) is 12.4. The molecule has 0 saturated heterocycles. The first kappa shape index (κ1) is 14.1. The maximum atomic E-state index is 13.3. The number of carbonyl (C=O) groups is 1. The van der Waals surface area contributed by atoms with Crippen LogP contribution in [0, 0.1) is 5.82 Å². The van der Waals surface area contributed by atoms with Crippen molar-refractivity contribution in [2.75, 3.05) is 11.9 Å². The number of thiazole rings is 1. The summed E-state index contributed by atoms with van der Waals surface area (Å²) in [5, 5.41) is 2.75. The second-order valence-corrected chi connectivity index (χ2v) is 6.38. The minimum atomic E-state index is -0.265. The number of carbonyl (C=O) groups excluding carboxylic acids is 1. The molecule has 4 rings (SSSR count). The van der Waals surface area contributed by atoms with Gasteiger partial charge in [-0.05, 0) is 29.8 Å². The summed E-state index contributed by atoms with van der Waals surface area (Å²) >= 11 is 1.49. The summed E-state index contributed by atoms with van der Waals surface area (Å²) in [7, 11) is 1.79. The van der Waals surface area contributed by atoms with Gasteiger partial charge < -0.3 is 4.90 Å². The molecule has 0 unspecified atom stereocenters. The number of hydrogen-bond acceptors (Lipinski definition) is 3. The topological polar surface area (TPSA) is 33.2 Å². The Hall–Kier alpha value is -2.53. The highest BCUT2D eigenvalue weighted by Crippen LogP contribution is 2.34. The Balaban J connectivity index is 1.70. The van der Waals surface area contributed by atoms with E-state index in [1.165, 1.54) is 23.5 Å². The molecule has 0 bridgehead atoms. The molecule has 0 atom stereocenters. The van der Waals surface area contributed by atoms with Gasteiger partial charge in [-0.25, -0.2) is 9.37 Å². The molecular weight excluding hydrogens is 311 g/mol. The van der Waals surface area contributed by atoms with Crippen LogP contribution in [0.25, 0.3) is 21.8 Å². The van der Waals surface area contributed by atoms with E-state index in [4.69, 9.17) is 0 Å². The van der Waals surface area contributed by atoms with Crippen molar-refractivity contribution >= 4 is 22.9 Å². The van der Waals surface area contributed by atoms with Crippen LogP contribution in [0.2, 0.25) is 0 Å². The van der Waals surface area contributed by atoms with E-state index in [9.17, 15) is 9.18 Å². The van der Waals surface area contributed by atoms with Crippen molar-refractivity contribution in [1.82, 2.24) is 4.98 Å². The molecule has 0 radical (unpaired) electrons. The first-order valence-electron chi connectivity index (χ1n) is 7.23. The lowest BCUT2D eigenvalue weighted by atomic mass is 10.1. The number of amides is 1. The number of aromatic nitrogens is 1. The van der Waals surface area contributed by atoms with E-state index in [1.54, 1.807) is 18.0 Å². The van der Waals surface area contributed by atoms with Gasteiger partial charge >= 0.3 is 0 Å². The Morgan fingerprint density at radius 3 is 2.87 bits per heavy atom. The minimum Gasteiger partial charge on any atom is -0.315 e. The molecule has 0 fully saturated rings. The lowest BCUT2D eigenvalue weighted by molar-refractivity contribution is -0.117. The molecule has 2 aromatic carbocycles. The maximum Gasteiger partial charge on any atom is 0.231 e. The number of halogens is 1. The van der Waals surface area contributed by atoms with Crippen molar-refractivity contribution in [2.24, 2.45) is 0 Å². The van der Waals surface area contributed by atoms with Crippen molar-refractivity contribution in [1.29, 1.82) is 0 Å². The first-order valence-corrected chi connectivity index (χ1v) is 8.11. The van der Waals surface area contributed by atoms with Crippen molar-refractivity contribution in [3.63, 3.8) is 0 Å². The van der Waals surface area contributed by atoms with E-state index in [1.807, 2.05) is 29.6 Å². The van der Waals surface area contributed by atoms with Crippen LogP contribution in [0.5, 0.6) is 0 Å². The first-order chi connectivity index (χ1) is 11.1. The van der Waals surface area contributed by atoms with Gasteiger partial charge in [0.25, 0.3) is 0 Å². The van der Waals surface area contributed by atoms with Gasteiger partial charge in [0.2, 0.25) is 5.91 Å². The summed E-state index contributed by atoms with van der Waals surface area (Å²) in [5.74, 6) is -0.158. The van der Waals surface area contributed by atoms with Gasteiger partial charge in [-0.2, -0.15) is 0 Å². The van der Waals surface area contributed by atoms with Gasteiger partial charge in [-0.1, -0.05) is 18.2 Å². The van der Waals surface area contributed by atoms with Gasteiger partial charge in [0, 0.05) is 29.2 Å². The monoisotopic (exact) mass is 324 g/mol. The number of anilines is 1. The Bertz CT molecular complexity index is 919. The van der Waals surface area contributed by atoms with Gasteiger partial charge in [0.05, 0.1) is 12.1 Å². The number of benzene rings is 2. The van der Waals surface area contributed by atoms with Crippen LogP contribution >= 0.6 is 11.3 Å². The lowest BCUT2D eigenvalue weighted by Gasteiger charge is -2.09. The second kappa shape index (κ2) is 5.28. The van der Waals surface area contributed by atoms with E-state index < -0.39 is 0 Å².